The largest absolute Gasteiger partial charge is 0.288 e. The number of hydroxylamine groups is 1. The summed E-state index contributed by atoms with van der Waals surface area (Å²) in [6.45, 7) is 2.18. The van der Waals surface area contributed by atoms with Gasteiger partial charge in [-0.1, -0.05) is 6.92 Å². The van der Waals surface area contributed by atoms with Crippen molar-refractivity contribution in [2.75, 3.05) is 0 Å². The number of nitrogens with one attached hydrogen (secondary N) is 1. The molecule has 0 aliphatic heterocycles. The fraction of sp³-hybridized carbons (Fsp3) is 0.538. The Bertz CT molecular complexity index is 447. The van der Waals surface area contributed by atoms with Crippen LogP contribution in [0.2, 0.25) is 0 Å². The van der Waals surface area contributed by atoms with Gasteiger partial charge in [-0.15, -0.1) is 0 Å². The molecule has 0 radical (unpaired) electrons. The number of nitrogens with zero attached hydrogens (tertiary/aromatic N) is 1. The Kier molecular flexibility index (Phi) is 3.91. The van der Waals surface area contributed by atoms with Crippen molar-refractivity contribution < 1.29 is 14.4 Å². The summed E-state index contributed by atoms with van der Waals surface area (Å²) in [5, 5.41) is 8.44. The van der Waals surface area contributed by atoms with Crippen molar-refractivity contribution in [1.29, 1.82) is 0 Å². The van der Waals surface area contributed by atoms with Crippen molar-refractivity contribution in [3.63, 3.8) is 0 Å². The average Bonchev–Trinajstić information content (AvgIpc) is 3.20. The number of carbonyl (C=O) groups excluding carboxylic acids is 1. The normalized spacial score (nSPS) is 16.4. The molecule has 1 heterocycles. The van der Waals surface area contributed by atoms with Crippen LogP contribution in [0.3, 0.4) is 0 Å². The molecule has 1 aliphatic carbocycles. The highest BCUT2D eigenvalue weighted by Gasteiger charge is 2.27. The Morgan fingerprint density at radius 2 is 2.39 bits per heavy atom. The molecule has 18 heavy (non-hydrogen) atoms. The summed E-state index contributed by atoms with van der Waals surface area (Å²) < 4.78 is 13.7. The van der Waals surface area contributed by atoms with Gasteiger partial charge in [0.15, 0.2) is 0 Å². The molecule has 1 amide bonds. The van der Waals surface area contributed by atoms with Crippen molar-refractivity contribution in [2.24, 2.45) is 11.8 Å². The van der Waals surface area contributed by atoms with Crippen LogP contribution in [0, 0.1) is 17.7 Å². The number of aromatic nitrogens is 1. The van der Waals surface area contributed by atoms with E-state index in [1.165, 1.54) is 24.5 Å². The lowest BCUT2D eigenvalue weighted by Crippen LogP contribution is -2.19. The summed E-state index contributed by atoms with van der Waals surface area (Å²) in [5.74, 6) is 0.164. The van der Waals surface area contributed by atoms with E-state index in [4.69, 9.17) is 5.21 Å². The number of aryl methyl sites for hydroxylation is 1. The van der Waals surface area contributed by atoms with Crippen molar-refractivity contribution in [3.05, 3.63) is 29.3 Å². The molecular formula is C13H17FN2O2. The quantitative estimate of drug-likeness (QED) is 0.624. The molecule has 2 N–H and O–H groups in total. The van der Waals surface area contributed by atoms with E-state index in [0.717, 1.165) is 18.4 Å². The van der Waals surface area contributed by atoms with Gasteiger partial charge in [-0.3, -0.25) is 15.0 Å². The van der Waals surface area contributed by atoms with Gasteiger partial charge in [-0.2, -0.15) is 0 Å². The van der Waals surface area contributed by atoms with Gasteiger partial charge < -0.3 is 0 Å². The predicted octanol–water partition coefficient (Wildman–Crippen LogP) is 2.32. The van der Waals surface area contributed by atoms with E-state index in [1.54, 1.807) is 0 Å². The molecule has 1 saturated carbocycles. The van der Waals surface area contributed by atoms with E-state index < -0.39 is 11.7 Å². The number of amides is 1. The van der Waals surface area contributed by atoms with E-state index in [1.807, 2.05) is 0 Å². The lowest BCUT2D eigenvalue weighted by molar-refractivity contribution is 0.0705. The van der Waals surface area contributed by atoms with Crippen molar-refractivity contribution in [2.45, 2.75) is 32.6 Å². The smallest absolute Gasteiger partial charge is 0.276 e. The minimum atomic E-state index is -0.751. The second kappa shape index (κ2) is 5.44. The minimum Gasteiger partial charge on any atom is -0.288 e. The summed E-state index contributed by atoms with van der Waals surface area (Å²) >= 11 is 0. The van der Waals surface area contributed by atoms with E-state index in [2.05, 4.69) is 11.9 Å². The van der Waals surface area contributed by atoms with E-state index in [9.17, 15) is 9.18 Å². The maximum absolute atomic E-state index is 13.7. The number of hydrogen-bond acceptors (Lipinski definition) is 3. The maximum Gasteiger partial charge on any atom is 0.276 e. The highest BCUT2D eigenvalue weighted by Crippen LogP contribution is 2.38. The van der Waals surface area contributed by atoms with Crippen LogP contribution in [-0.2, 0) is 6.42 Å². The Morgan fingerprint density at radius 1 is 1.67 bits per heavy atom. The number of hydrogen-bond donors (Lipinski definition) is 2. The zero-order valence-corrected chi connectivity index (χ0v) is 10.3. The Balaban J connectivity index is 1.98. The van der Waals surface area contributed by atoms with Gasteiger partial charge >= 0.3 is 0 Å². The number of rotatable bonds is 5. The summed E-state index contributed by atoms with van der Waals surface area (Å²) in [6, 6.07) is 1.11. The van der Waals surface area contributed by atoms with E-state index in [0.29, 0.717) is 18.0 Å². The van der Waals surface area contributed by atoms with Gasteiger partial charge in [0.1, 0.15) is 5.82 Å². The lowest BCUT2D eigenvalue weighted by Gasteiger charge is -2.09. The monoisotopic (exact) mass is 252 g/mol. The first-order valence-electron chi connectivity index (χ1n) is 6.20. The topological polar surface area (TPSA) is 62.2 Å². The SMILES string of the molecule is C[C@@H](CCc1ncc(C(=O)NO)cc1F)C1CC1. The minimum absolute atomic E-state index is 0.0222. The molecule has 2 rings (SSSR count). The molecule has 0 bridgehead atoms. The molecule has 1 aliphatic rings. The highest BCUT2D eigenvalue weighted by molar-refractivity contribution is 5.92. The highest BCUT2D eigenvalue weighted by atomic mass is 19.1. The lowest BCUT2D eigenvalue weighted by atomic mass is 9.98. The van der Waals surface area contributed by atoms with Gasteiger partial charge in [-0.05, 0) is 43.6 Å². The fourth-order valence-corrected chi connectivity index (χ4v) is 2.10. The zero-order chi connectivity index (χ0) is 13.1. The molecule has 1 fully saturated rings. The Hall–Kier alpha value is -1.49. The maximum atomic E-state index is 13.7. The number of halogens is 1. The van der Waals surface area contributed by atoms with Crippen LogP contribution in [0.5, 0.6) is 0 Å². The number of carbonyl (C=O) groups is 1. The second-order valence-electron chi connectivity index (χ2n) is 4.95. The molecule has 0 aromatic carbocycles. The molecular weight excluding hydrogens is 235 g/mol. The Labute approximate surface area is 105 Å². The summed E-state index contributed by atoms with van der Waals surface area (Å²) in [7, 11) is 0. The first-order valence-corrected chi connectivity index (χ1v) is 6.20. The molecule has 1 aromatic rings. The molecule has 98 valence electrons. The van der Waals surface area contributed by atoms with Crippen LogP contribution in [0.4, 0.5) is 4.39 Å². The van der Waals surface area contributed by atoms with Gasteiger partial charge in [0.05, 0.1) is 11.3 Å². The van der Waals surface area contributed by atoms with Crippen molar-refractivity contribution in [1.82, 2.24) is 10.5 Å². The van der Waals surface area contributed by atoms with Crippen LogP contribution in [-0.4, -0.2) is 16.1 Å². The zero-order valence-electron chi connectivity index (χ0n) is 10.3. The van der Waals surface area contributed by atoms with Crippen LogP contribution >= 0.6 is 0 Å². The summed E-state index contributed by atoms with van der Waals surface area (Å²) in [4.78, 5) is 15.0. The second-order valence-corrected chi connectivity index (χ2v) is 4.95. The van der Waals surface area contributed by atoms with E-state index >= 15 is 0 Å². The molecule has 0 saturated heterocycles. The third kappa shape index (κ3) is 3.04. The predicted molar refractivity (Wildman–Crippen MR) is 63.7 cm³/mol. The molecule has 0 unspecified atom stereocenters. The van der Waals surface area contributed by atoms with E-state index in [-0.39, 0.29) is 5.56 Å². The number of pyridine rings is 1. The van der Waals surface area contributed by atoms with Gasteiger partial charge in [0.25, 0.3) is 5.91 Å². The fourth-order valence-electron chi connectivity index (χ4n) is 2.10. The molecule has 1 aromatic heterocycles. The average molecular weight is 252 g/mol. The summed E-state index contributed by atoms with van der Waals surface area (Å²) in [6.07, 6.45) is 5.36. The standard InChI is InChI=1S/C13H17FN2O2/c1-8(9-3-4-9)2-5-12-11(14)6-10(7-15-12)13(17)16-18/h6-9,18H,2-5H2,1H3,(H,16,17)/t8-/m0/s1. The third-order valence-electron chi connectivity index (χ3n) is 3.54. The Morgan fingerprint density at radius 3 is 2.94 bits per heavy atom. The summed E-state index contributed by atoms with van der Waals surface area (Å²) in [5.41, 5.74) is 1.86. The molecule has 4 nitrogen and oxygen atoms in total. The van der Waals surface area contributed by atoms with Crippen LogP contribution in [0.1, 0.15) is 42.2 Å². The van der Waals surface area contributed by atoms with Crippen LogP contribution in [0.25, 0.3) is 0 Å². The van der Waals surface area contributed by atoms with Gasteiger partial charge in [0, 0.05) is 6.20 Å². The van der Waals surface area contributed by atoms with Crippen LogP contribution < -0.4 is 5.48 Å². The molecule has 1 atom stereocenters. The van der Waals surface area contributed by atoms with Crippen molar-refractivity contribution in [3.8, 4) is 0 Å². The first-order chi connectivity index (χ1) is 8.61. The van der Waals surface area contributed by atoms with Crippen molar-refractivity contribution >= 4 is 5.91 Å². The van der Waals surface area contributed by atoms with Crippen LogP contribution in [0.15, 0.2) is 12.3 Å². The van der Waals surface area contributed by atoms with Gasteiger partial charge in [0.2, 0.25) is 0 Å². The molecule has 5 heteroatoms. The molecule has 0 spiro atoms. The van der Waals surface area contributed by atoms with Gasteiger partial charge in [-0.25, -0.2) is 9.87 Å². The first kappa shape index (κ1) is 13.0. The third-order valence-corrected chi connectivity index (χ3v) is 3.54.